The molecule has 0 amide bonds. The summed E-state index contributed by atoms with van der Waals surface area (Å²) in [5.41, 5.74) is 2.77. The van der Waals surface area contributed by atoms with Crippen molar-refractivity contribution in [2.75, 3.05) is 13.6 Å². The largest absolute Gasteiger partial charge is 0.490 e. The molecule has 51 heavy (non-hydrogen) atoms. The number of rotatable bonds is 16. The fourth-order valence-corrected chi connectivity index (χ4v) is 6.33. The molecule has 0 saturated heterocycles. The molecule has 266 valence electrons. The molecule has 0 aliphatic carbocycles. The topological polar surface area (TPSA) is 102 Å². The van der Waals surface area contributed by atoms with Crippen LogP contribution in [-0.4, -0.2) is 50.6 Å². The summed E-state index contributed by atoms with van der Waals surface area (Å²) in [6.07, 6.45) is 6.43. The van der Waals surface area contributed by atoms with E-state index in [0.29, 0.717) is 53.9 Å². The van der Waals surface area contributed by atoms with E-state index in [0.717, 1.165) is 18.5 Å². The van der Waals surface area contributed by atoms with Crippen LogP contribution in [0.4, 0.5) is 4.39 Å². The minimum Gasteiger partial charge on any atom is -0.490 e. The number of fused-ring (bicyclic) bond motifs is 1. The van der Waals surface area contributed by atoms with Gasteiger partial charge in [-0.05, 0) is 68.6 Å². The van der Waals surface area contributed by atoms with Crippen LogP contribution in [0.3, 0.4) is 0 Å². The Bertz CT molecular complexity index is 2040. The Hall–Kier alpha value is -5.27. The van der Waals surface area contributed by atoms with Gasteiger partial charge < -0.3 is 18.9 Å². The summed E-state index contributed by atoms with van der Waals surface area (Å²) in [6.45, 7) is 8.83. The Labute approximate surface area is 298 Å². The highest BCUT2D eigenvalue weighted by Gasteiger charge is 2.29. The fraction of sp³-hybridized carbons (Fsp3) is 0.366. The van der Waals surface area contributed by atoms with Crippen LogP contribution in [0.15, 0.2) is 83.9 Å². The van der Waals surface area contributed by atoms with Crippen LogP contribution in [-0.2, 0) is 24.2 Å². The van der Waals surface area contributed by atoms with Crippen molar-refractivity contribution in [2.24, 2.45) is 0 Å². The van der Waals surface area contributed by atoms with Crippen molar-refractivity contribution in [1.29, 1.82) is 5.26 Å². The quantitative estimate of drug-likeness (QED) is 0.0973. The second-order valence-corrected chi connectivity index (χ2v) is 12.8. The third-order valence-electron chi connectivity index (χ3n) is 9.30. The molecule has 5 aromatic rings. The molecule has 0 aliphatic rings. The van der Waals surface area contributed by atoms with Crippen molar-refractivity contribution < 1.29 is 18.7 Å². The Morgan fingerprint density at radius 1 is 0.961 bits per heavy atom. The number of nitrogens with zero attached hydrogens (tertiary/aromatic N) is 5. The SMILES string of the molecule is CCC(CC)OC(=O)c1cn(Cc2ccccc2F)c2c(C#N)c(-c3ccc(OC(CC)CC)cc3)c(CN(C)CCc3ccccn3)n2c1=O. The predicted octanol–water partition coefficient (Wildman–Crippen LogP) is 7.81. The minimum atomic E-state index is -0.760. The van der Waals surface area contributed by atoms with E-state index in [2.05, 4.69) is 29.8 Å². The van der Waals surface area contributed by atoms with E-state index in [-0.39, 0.29) is 42.1 Å². The molecule has 3 heterocycles. The number of carbonyl (C=O) groups is 1. The van der Waals surface area contributed by atoms with Gasteiger partial charge in [0.15, 0.2) is 0 Å². The van der Waals surface area contributed by atoms with Crippen molar-refractivity contribution in [3.8, 4) is 22.9 Å². The van der Waals surface area contributed by atoms with Gasteiger partial charge in [0.1, 0.15) is 40.5 Å². The number of likely N-dealkylation sites (N-methyl/N-ethyl adjacent to an activating group) is 1. The predicted molar refractivity (Wildman–Crippen MR) is 196 cm³/mol. The van der Waals surface area contributed by atoms with Crippen LogP contribution in [0.1, 0.15) is 86.3 Å². The molecule has 0 radical (unpaired) electrons. The lowest BCUT2D eigenvalue weighted by Crippen LogP contribution is -2.31. The lowest BCUT2D eigenvalue weighted by Gasteiger charge is -2.19. The number of pyridine rings is 1. The normalized spacial score (nSPS) is 11.5. The van der Waals surface area contributed by atoms with Gasteiger partial charge in [0.05, 0.1) is 18.3 Å². The number of hydrogen-bond donors (Lipinski definition) is 0. The number of hydrogen-bond acceptors (Lipinski definition) is 7. The maximum Gasteiger partial charge on any atom is 0.345 e. The highest BCUT2D eigenvalue weighted by Crippen LogP contribution is 2.35. The summed E-state index contributed by atoms with van der Waals surface area (Å²) in [7, 11) is 1.94. The summed E-state index contributed by atoms with van der Waals surface area (Å²) in [5, 5.41) is 10.8. The first-order chi connectivity index (χ1) is 24.7. The zero-order valence-electron chi connectivity index (χ0n) is 30.1. The molecular weight excluding hydrogens is 645 g/mol. The molecule has 9 nitrogen and oxygen atoms in total. The van der Waals surface area contributed by atoms with Gasteiger partial charge in [-0.1, -0.05) is 64.1 Å². The number of ether oxygens (including phenoxy) is 2. The molecule has 2 aromatic carbocycles. The van der Waals surface area contributed by atoms with Crippen molar-refractivity contribution in [3.63, 3.8) is 0 Å². The van der Waals surface area contributed by atoms with E-state index in [1.54, 1.807) is 29.0 Å². The van der Waals surface area contributed by atoms with Crippen LogP contribution >= 0.6 is 0 Å². The average molecular weight is 692 g/mol. The van der Waals surface area contributed by atoms with Gasteiger partial charge in [0, 0.05) is 48.7 Å². The van der Waals surface area contributed by atoms with Gasteiger partial charge in [0.25, 0.3) is 5.56 Å². The number of carbonyl (C=O) groups excluding carboxylic acids is 1. The smallest absolute Gasteiger partial charge is 0.345 e. The molecule has 0 bridgehead atoms. The lowest BCUT2D eigenvalue weighted by atomic mass is 10.0. The molecule has 10 heteroatoms. The number of esters is 1. The minimum absolute atomic E-state index is 0.0307. The van der Waals surface area contributed by atoms with Crippen LogP contribution in [0.2, 0.25) is 0 Å². The molecule has 0 atom stereocenters. The van der Waals surface area contributed by atoms with Crippen LogP contribution < -0.4 is 10.3 Å². The van der Waals surface area contributed by atoms with E-state index >= 15 is 4.39 Å². The molecule has 0 aliphatic heterocycles. The first-order valence-corrected chi connectivity index (χ1v) is 17.7. The highest BCUT2D eigenvalue weighted by molar-refractivity contribution is 5.90. The third kappa shape index (κ3) is 8.38. The number of nitriles is 1. The second-order valence-electron chi connectivity index (χ2n) is 12.8. The average Bonchev–Trinajstić information content (AvgIpc) is 3.48. The first kappa shape index (κ1) is 37.0. The van der Waals surface area contributed by atoms with Crippen LogP contribution in [0.25, 0.3) is 16.8 Å². The van der Waals surface area contributed by atoms with Crippen LogP contribution in [0.5, 0.6) is 5.75 Å². The molecule has 5 rings (SSSR count). The van der Waals surface area contributed by atoms with Crippen molar-refractivity contribution in [1.82, 2.24) is 18.9 Å². The number of halogens is 1. The molecule has 0 fully saturated rings. The zero-order valence-corrected chi connectivity index (χ0v) is 30.1. The summed E-state index contributed by atoms with van der Waals surface area (Å²) < 4.78 is 30.1. The summed E-state index contributed by atoms with van der Waals surface area (Å²) in [4.78, 5) is 34.7. The van der Waals surface area contributed by atoms with E-state index in [9.17, 15) is 14.9 Å². The van der Waals surface area contributed by atoms with Gasteiger partial charge >= 0.3 is 5.97 Å². The van der Waals surface area contributed by atoms with Gasteiger partial charge in [-0.25, -0.2) is 9.18 Å². The Kier molecular flexibility index (Phi) is 12.4. The lowest BCUT2D eigenvalue weighted by molar-refractivity contribution is 0.0281. The highest BCUT2D eigenvalue weighted by atomic mass is 19.1. The molecular formula is C41H46FN5O4. The molecule has 0 saturated carbocycles. The zero-order chi connectivity index (χ0) is 36.5. The Morgan fingerprint density at radius 3 is 2.27 bits per heavy atom. The van der Waals surface area contributed by atoms with Crippen molar-refractivity contribution in [2.45, 2.75) is 85.1 Å². The maximum absolute atomic E-state index is 15.1. The van der Waals surface area contributed by atoms with E-state index < -0.39 is 17.3 Å². The number of benzene rings is 2. The van der Waals surface area contributed by atoms with Crippen molar-refractivity contribution in [3.05, 3.63) is 123 Å². The van der Waals surface area contributed by atoms with E-state index in [1.165, 1.54) is 16.7 Å². The second kappa shape index (κ2) is 17.1. The molecule has 3 aromatic heterocycles. The first-order valence-electron chi connectivity index (χ1n) is 17.7. The Balaban J connectivity index is 1.74. The van der Waals surface area contributed by atoms with Gasteiger partial charge in [-0.2, -0.15) is 5.26 Å². The maximum atomic E-state index is 15.1. The number of aromatic nitrogens is 3. The van der Waals surface area contributed by atoms with Gasteiger partial charge in [0.2, 0.25) is 0 Å². The summed E-state index contributed by atoms with van der Waals surface area (Å²) in [5.74, 6) is -0.498. The monoisotopic (exact) mass is 691 g/mol. The molecule has 0 spiro atoms. The fourth-order valence-electron chi connectivity index (χ4n) is 6.33. The summed E-state index contributed by atoms with van der Waals surface area (Å²) >= 11 is 0. The van der Waals surface area contributed by atoms with E-state index in [4.69, 9.17) is 9.47 Å². The van der Waals surface area contributed by atoms with Gasteiger partial charge in [-0.3, -0.25) is 14.2 Å². The third-order valence-corrected chi connectivity index (χ3v) is 9.30. The van der Waals surface area contributed by atoms with Crippen LogP contribution in [0, 0.1) is 17.1 Å². The standard InChI is InChI=1S/C41H46FN5O4/c1-6-31(7-2)50-33-19-17-28(18-20-33)38-34(24-43)39-46(25-29-14-10-11-16-36(29)42)26-35(41(49)51-32(8-3)9-4)40(48)47(39)37(38)27-45(5)23-21-30-15-12-13-22-44-30/h10-20,22,26,31-32H,6-9,21,23,25,27H2,1-5H3. The van der Waals surface area contributed by atoms with E-state index in [1.807, 2.05) is 63.4 Å². The summed E-state index contributed by atoms with van der Waals surface area (Å²) in [6, 6.07) is 22.0. The Morgan fingerprint density at radius 2 is 1.65 bits per heavy atom. The molecule has 0 unspecified atom stereocenters. The molecule has 0 N–H and O–H groups in total. The van der Waals surface area contributed by atoms with Gasteiger partial charge in [-0.15, -0.1) is 0 Å². The van der Waals surface area contributed by atoms with Crippen molar-refractivity contribution >= 4 is 11.6 Å².